The second-order valence-corrected chi connectivity index (χ2v) is 7.68. The molecule has 0 spiro atoms. The first kappa shape index (κ1) is 23.7. The van der Waals surface area contributed by atoms with Crippen LogP contribution in [0.5, 0.6) is 0 Å². The van der Waals surface area contributed by atoms with Gasteiger partial charge in [-0.3, -0.25) is 9.79 Å². The molecule has 170 valence electrons. The maximum Gasteiger partial charge on any atom is 0.336 e. The van der Waals surface area contributed by atoms with Crippen molar-refractivity contribution in [1.29, 1.82) is 0 Å². The highest BCUT2D eigenvalue weighted by Crippen LogP contribution is 2.42. The number of carbonyl (C=O) groups excluding carboxylic acids is 1. The van der Waals surface area contributed by atoms with E-state index in [1.54, 1.807) is 19.2 Å². The van der Waals surface area contributed by atoms with Gasteiger partial charge in [-0.2, -0.15) is 0 Å². The van der Waals surface area contributed by atoms with Gasteiger partial charge < -0.3 is 19.7 Å². The summed E-state index contributed by atoms with van der Waals surface area (Å²) in [7, 11) is 9.34. The van der Waals surface area contributed by atoms with Crippen molar-refractivity contribution in [3.05, 3.63) is 71.1 Å². The van der Waals surface area contributed by atoms with Crippen LogP contribution in [0.4, 0.5) is 5.69 Å². The van der Waals surface area contributed by atoms with E-state index in [4.69, 9.17) is 4.42 Å². The van der Waals surface area contributed by atoms with Gasteiger partial charge in [-0.05, 0) is 50.0 Å². The van der Waals surface area contributed by atoms with Crippen molar-refractivity contribution in [1.82, 2.24) is 5.32 Å². The van der Waals surface area contributed by atoms with Gasteiger partial charge in [-0.25, -0.2) is 4.79 Å². The number of aromatic carboxylic acids is 1. The fourth-order valence-electron chi connectivity index (χ4n) is 3.61. The summed E-state index contributed by atoms with van der Waals surface area (Å²) in [5.41, 5.74) is 4.01. The van der Waals surface area contributed by atoms with Gasteiger partial charge in [-0.15, -0.1) is 0 Å². The maximum absolute atomic E-state index is 12.0. The minimum absolute atomic E-state index is 0.0642. The monoisotopic (exact) mass is 445 g/mol. The molecule has 7 nitrogen and oxygen atoms in total. The number of fused-ring (bicyclic) bond motifs is 2. The van der Waals surface area contributed by atoms with E-state index in [0.29, 0.717) is 28.8 Å². The summed E-state index contributed by atoms with van der Waals surface area (Å²) in [6.45, 7) is 0. The molecule has 2 N–H and O–H groups in total. The van der Waals surface area contributed by atoms with E-state index >= 15 is 0 Å². The minimum Gasteiger partial charge on any atom is -0.478 e. The van der Waals surface area contributed by atoms with Gasteiger partial charge in [0, 0.05) is 61.0 Å². The molecule has 2 aromatic carbocycles. The highest BCUT2D eigenvalue weighted by Gasteiger charge is 2.22. The number of benzene rings is 3. The first-order chi connectivity index (χ1) is 15.8. The number of anilines is 1. The van der Waals surface area contributed by atoms with Crippen LogP contribution in [0.15, 0.2) is 64.0 Å². The second kappa shape index (κ2) is 10.1. The van der Waals surface area contributed by atoms with E-state index in [9.17, 15) is 14.7 Å². The van der Waals surface area contributed by atoms with E-state index < -0.39 is 5.97 Å². The molecule has 33 heavy (non-hydrogen) atoms. The van der Waals surface area contributed by atoms with Crippen LogP contribution in [0, 0.1) is 0 Å². The van der Waals surface area contributed by atoms with Crippen LogP contribution < -0.4 is 15.6 Å². The van der Waals surface area contributed by atoms with Crippen molar-refractivity contribution in [2.75, 3.05) is 40.1 Å². The molecule has 2 aromatic rings. The molecule has 0 aromatic heterocycles. The lowest BCUT2D eigenvalue weighted by molar-refractivity contribution is 0.0697. The molecule has 0 bridgehead atoms. The number of hydrogen-bond donors (Lipinski definition) is 2. The van der Waals surface area contributed by atoms with Crippen molar-refractivity contribution in [2.24, 2.45) is 4.99 Å². The quantitative estimate of drug-likeness (QED) is 0.362. The molecule has 0 amide bonds. The molecule has 0 saturated heterocycles. The van der Waals surface area contributed by atoms with Crippen LogP contribution in [0.2, 0.25) is 0 Å². The SMILES string of the molecule is CN=c1ccc2c(-c3ccc(C=O)cc3C(=O)O)c3ccc(N(C)C)cc3oc-2c1.CNC. The van der Waals surface area contributed by atoms with Crippen LogP contribution >= 0.6 is 0 Å². The van der Waals surface area contributed by atoms with Gasteiger partial charge in [0.05, 0.1) is 10.9 Å². The van der Waals surface area contributed by atoms with Gasteiger partial charge in [0.25, 0.3) is 0 Å². The number of carboxylic acids is 1. The molecular formula is C26H27N3O4. The lowest BCUT2D eigenvalue weighted by Crippen LogP contribution is -2.08. The Hall–Kier alpha value is -3.97. The Labute approximate surface area is 192 Å². The van der Waals surface area contributed by atoms with Crippen molar-refractivity contribution in [2.45, 2.75) is 0 Å². The molecule has 1 aliphatic heterocycles. The maximum atomic E-state index is 12.0. The fourth-order valence-corrected chi connectivity index (χ4v) is 3.61. The average Bonchev–Trinajstić information content (AvgIpc) is 2.81. The summed E-state index contributed by atoms with van der Waals surface area (Å²) in [4.78, 5) is 29.4. The van der Waals surface area contributed by atoms with Crippen LogP contribution in [0.25, 0.3) is 33.4 Å². The van der Waals surface area contributed by atoms with Crippen molar-refractivity contribution < 1.29 is 19.1 Å². The van der Waals surface area contributed by atoms with Crippen molar-refractivity contribution in [3.63, 3.8) is 0 Å². The Morgan fingerprint density at radius 2 is 1.73 bits per heavy atom. The molecule has 4 rings (SSSR count). The van der Waals surface area contributed by atoms with E-state index in [1.807, 2.05) is 69.5 Å². The first-order valence-corrected chi connectivity index (χ1v) is 10.4. The van der Waals surface area contributed by atoms with E-state index in [0.717, 1.165) is 27.6 Å². The Balaban J connectivity index is 0.000000968. The van der Waals surface area contributed by atoms with Crippen LogP contribution in [0.1, 0.15) is 20.7 Å². The largest absolute Gasteiger partial charge is 0.478 e. The summed E-state index contributed by atoms with van der Waals surface area (Å²) in [5, 5.41) is 14.1. The Bertz CT molecular complexity index is 1360. The van der Waals surface area contributed by atoms with E-state index in [2.05, 4.69) is 10.3 Å². The first-order valence-electron chi connectivity index (χ1n) is 10.4. The lowest BCUT2D eigenvalue weighted by Gasteiger charge is -2.19. The van der Waals surface area contributed by atoms with E-state index in [-0.39, 0.29) is 5.56 Å². The molecule has 2 aliphatic rings. The summed E-state index contributed by atoms with van der Waals surface area (Å²) in [6, 6.07) is 16.1. The number of carboxylic acid groups (broad SMARTS) is 1. The Morgan fingerprint density at radius 1 is 1.03 bits per heavy atom. The number of hydrogen-bond acceptors (Lipinski definition) is 6. The minimum atomic E-state index is -1.10. The third-order valence-electron chi connectivity index (χ3n) is 5.14. The van der Waals surface area contributed by atoms with Crippen molar-refractivity contribution >= 4 is 28.9 Å². The number of nitrogens with one attached hydrogen (secondary N) is 1. The third-order valence-corrected chi connectivity index (χ3v) is 5.14. The predicted molar refractivity (Wildman–Crippen MR) is 131 cm³/mol. The fraction of sp³-hybridized carbons (Fsp3) is 0.192. The number of rotatable bonds is 4. The highest BCUT2D eigenvalue weighted by atomic mass is 16.4. The number of nitrogens with zero attached hydrogens (tertiary/aromatic N) is 2. The van der Waals surface area contributed by atoms with Gasteiger partial charge in [-0.1, -0.05) is 12.1 Å². The molecule has 1 heterocycles. The molecule has 1 aliphatic carbocycles. The molecule has 0 fully saturated rings. The summed E-state index contributed by atoms with van der Waals surface area (Å²) >= 11 is 0. The zero-order chi connectivity index (χ0) is 24.1. The van der Waals surface area contributed by atoms with Gasteiger partial charge >= 0.3 is 5.97 Å². The lowest BCUT2D eigenvalue weighted by atomic mass is 9.90. The van der Waals surface area contributed by atoms with Crippen LogP contribution in [0.3, 0.4) is 0 Å². The number of aldehydes is 1. The summed E-state index contributed by atoms with van der Waals surface area (Å²) in [6.07, 6.45) is 0.644. The van der Waals surface area contributed by atoms with Gasteiger partial charge in [0.15, 0.2) is 0 Å². The van der Waals surface area contributed by atoms with Crippen LogP contribution in [-0.2, 0) is 0 Å². The zero-order valence-electron chi connectivity index (χ0n) is 19.3. The zero-order valence-corrected chi connectivity index (χ0v) is 19.3. The molecule has 0 radical (unpaired) electrons. The Kier molecular flexibility index (Phi) is 7.25. The normalized spacial score (nSPS) is 11.2. The molecule has 0 saturated carbocycles. The third kappa shape index (κ3) is 4.78. The smallest absolute Gasteiger partial charge is 0.336 e. The summed E-state index contributed by atoms with van der Waals surface area (Å²) in [5.74, 6) is -0.492. The Morgan fingerprint density at radius 3 is 2.33 bits per heavy atom. The predicted octanol–water partition coefficient (Wildman–Crippen LogP) is 4.15. The van der Waals surface area contributed by atoms with E-state index in [1.165, 1.54) is 6.07 Å². The molecule has 7 heteroatoms. The topological polar surface area (TPSA) is 95.1 Å². The summed E-state index contributed by atoms with van der Waals surface area (Å²) < 4.78 is 6.20. The number of carbonyl (C=O) groups is 2. The average molecular weight is 446 g/mol. The molecule has 0 atom stereocenters. The highest BCUT2D eigenvalue weighted by molar-refractivity contribution is 6.08. The van der Waals surface area contributed by atoms with Crippen LogP contribution in [-0.4, -0.2) is 52.6 Å². The molecular weight excluding hydrogens is 418 g/mol. The second-order valence-electron chi connectivity index (χ2n) is 7.68. The van der Waals surface area contributed by atoms with Crippen molar-refractivity contribution in [3.8, 4) is 22.5 Å². The van der Waals surface area contributed by atoms with Gasteiger partial charge in [0.1, 0.15) is 17.6 Å². The standard InChI is InChI=1S/C24H20N2O4.C2H7N/c1-25-15-5-8-18-21(11-15)30-22-12-16(26(2)3)6-9-19(22)23(18)17-7-4-14(13-27)10-20(17)24(28)29;1-3-2/h4-13H,1-3H3,(H,28,29);3H,1-2H3. The molecule has 0 unspecified atom stereocenters. The van der Waals surface area contributed by atoms with Gasteiger partial charge in [0.2, 0.25) is 0 Å².